The van der Waals surface area contributed by atoms with Crippen LogP contribution in [0.2, 0.25) is 0 Å². The summed E-state index contributed by atoms with van der Waals surface area (Å²) in [6.07, 6.45) is 1.35. The Kier molecular flexibility index (Phi) is 5.21. The zero-order chi connectivity index (χ0) is 19.6. The number of rotatable bonds is 2. The first kappa shape index (κ1) is 18.7. The summed E-state index contributed by atoms with van der Waals surface area (Å²) in [6.45, 7) is 3.06. The first-order valence-electron chi connectivity index (χ1n) is 9.76. The fourth-order valence-corrected chi connectivity index (χ4v) is 3.95. The van der Waals surface area contributed by atoms with Crippen LogP contribution in [0.3, 0.4) is 0 Å². The molecule has 8 heteroatoms. The number of nitrogens with zero attached hydrogens (tertiary/aromatic N) is 2. The molecule has 1 atom stereocenters. The minimum atomic E-state index is -0.644. The Labute approximate surface area is 163 Å². The number of amides is 3. The number of carbonyl (C=O) groups is 3. The number of ether oxygens (including phenoxy) is 2. The third-order valence-electron chi connectivity index (χ3n) is 5.70. The molecule has 0 saturated carbocycles. The van der Waals surface area contributed by atoms with E-state index in [1.165, 1.54) is 0 Å². The summed E-state index contributed by atoms with van der Waals surface area (Å²) < 4.78 is 11.6. The molecule has 1 N–H and O–H groups in total. The van der Waals surface area contributed by atoms with Gasteiger partial charge in [0.25, 0.3) is 5.91 Å². The molecule has 4 rings (SSSR count). The van der Waals surface area contributed by atoms with Gasteiger partial charge < -0.3 is 24.6 Å². The Hall–Kier alpha value is -2.61. The van der Waals surface area contributed by atoms with Crippen LogP contribution in [-0.4, -0.2) is 79.1 Å². The average molecular weight is 387 g/mol. The number of nitrogens with one attached hydrogen (secondary N) is 1. The molecule has 0 radical (unpaired) electrons. The minimum Gasteiger partial charge on any atom is -0.485 e. The molecule has 1 aromatic carbocycles. The lowest BCUT2D eigenvalue weighted by molar-refractivity contribution is -0.142. The summed E-state index contributed by atoms with van der Waals surface area (Å²) in [7, 11) is 0. The van der Waals surface area contributed by atoms with Gasteiger partial charge in [0, 0.05) is 32.5 Å². The van der Waals surface area contributed by atoms with Gasteiger partial charge in [-0.2, -0.15) is 0 Å². The highest BCUT2D eigenvalue weighted by atomic mass is 16.5. The predicted molar refractivity (Wildman–Crippen MR) is 100.0 cm³/mol. The van der Waals surface area contributed by atoms with Crippen molar-refractivity contribution >= 4 is 17.7 Å². The van der Waals surface area contributed by atoms with Crippen molar-refractivity contribution in [2.45, 2.75) is 24.9 Å². The fraction of sp³-hybridized carbons (Fsp3) is 0.550. The van der Waals surface area contributed by atoms with E-state index >= 15 is 0 Å². The van der Waals surface area contributed by atoms with E-state index < -0.39 is 5.60 Å². The van der Waals surface area contributed by atoms with E-state index in [1.807, 2.05) is 6.07 Å². The fourth-order valence-electron chi connectivity index (χ4n) is 3.95. The molecule has 3 amide bonds. The molecule has 2 saturated heterocycles. The van der Waals surface area contributed by atoms with E-state index in [4.69, 9.17) is 9.47 Å². The van der Waals surface area contributed by atoms with E-state index in [1.54, 1.807) is 28.0 Å². The van der Waals surface area contributed by atoms with Gasteiger partial charge in [-0.05, 0) is 18.6 Å². The number of carbonyl (C=O) groups excluding carboxylic acids is 3. The highest BCUT2D eigenvalue weighted by molar-refractivity contribution is 5.97. The van der Waals surface area contributed by atoms with Gasteiger partial charge in [0.1, 0.15) is 11.4 Å². The van der Waals surface area contributed by atoms with Gasteiger partial charge in [0.2, 0.25) is 11.8 Å². The molecule has 2 fully saturated rings. The zero-order valence-corrected chi connectivity index (χ0v) is 15.8. The molecule has 3 heterocycles. The molecule has 0 bridgehead atoms. The standard InChI is InChI=1S/C20H25N3O5/c24-17-5-6-20(14-21-19(26)15-3-1-2-4-16(15)28-20)7-8-23(17)13-18(25)22-9-11-27-12-10-22/h1-4H,5-14H2,(H,21,26). The van der Waals surface area contributed by atoms with Crippen LogP contribution in [0.5, 0.6) is 5.75 Å². The Balaban J connectivity index is 1.46. The van der Waals surface area contributed by atoms with Crippen molar-refractivity contribution in [2.75, 3.05) is 45.9 Å². The molecular formula is C20H25N3O5. The Morgan fingerprint density at radius 1 is 1.11 bits per heavy atom. The monoisotopic (exact) mass is 387 g/mol. The summed E-state index contributed by atoms with van der Waals surface area (Å²) >= 11 is 0. The number of fused-ring (bicyclic) bond motifs is 1. The number of hydrogen-bond acceptors (Lipinski definition) is 5. The second kappa shape index (κ2) is 7.79. The van der Waals surface area contributed by atoms with Gasteiger partial charge in [-0.15, -0.1) is 0 Å². The molecule has 3 aliphatic heterocycles. The van der Waals surface area contributed by atoms with E-state index in [0.29, 0.717) is 63.5 Å². The molecule has 150 valence electrons. The lowest BCUT2D eigenvalue weighted by Gasteiger charge is -2.32. The van der Waals surface area contributed by atoms with Gasteiger partial charge in [-0.1, -0.05) is 12.1 Å². The SMILES string of the molecule is O=C1NCC2(CCC(=O)N(CC(=O)N3CCOCC3)CC2)Oc2ccccc21. The van der Waals surface area contributed by atoms with Crippen LogP contribution in [0.25, 0.3) is 0 Å². The Morgan fingerprint density at radius 2 is 1.89 bits per heavy atom. The quantitative estimate of drug-likeness (QED) is 0.795. The summed E-state index contributed by atoms with van der Waals surface area (Å²) in [5, 5.41) is 2.93. The highest BCUT2D eigenvalue weighted by Gasteiger charge is 2.40. The molecular weight excluding hydrogens is 362 g/mol. The van der Waals surface area contributed by atoms with Gasteiger partial charge >= 0.3 is 0 Å². The Morgan fingerprint density at radius 3 is 2.71 bits per heavy atom. The lowest BCUT2D eigenvalue weighted by Crippen LogP contribution is -2.48. The van der Waals surface area contributed by atoms with Crippen LogP contribution in [0, 0.1) is 0 Å². The van der Waals surface area contributed by atoms with E-state index in [9.17, 15) is 14.4 Å². The van der Waals surface area contributed by atoms with Crippen molar-refractivity contribution in [3.05, 3.63) is 29.8 Å². The van der Waals surface area contributed by atoms with Crippen LogP contribution in [-0.2, 0) is 14.3 Å². The van der Waals surface area contributed by atoms with Crippen molar-refractivity contribution in [1.29, 1.82) is 0 Å². The van der Waals surface area contributed by atoms with Crippen LogP contribution in [0.15, 0.2) is 24.3 Å². The van der Waals surface area contributed by atoms with Crippen molar-refractivity contribution < 1.29 is 23.9 Å². The smallest absolute Gasteiger partial charge is 0.255 e. The molecule has 28 heavy (non-hydrogen) atoms. The van der Waals surface area contributed by atoms with Gasteiger partial charge in [-0.3, -0.25) is 14.4 Å². The summed E-state index contributed by atoms with van der Waals surface area (Å²) in [4.78, 5) is 40.9. The summed E-state index contributed by atoms with van der Waals surface area (Å²) in [5.41, 5.74) is -0.136. The first-order chi connectivity index (χ1) is 13.6. The van der Waals surface area contributed by atoms with Crippen molar-refractivity contribution in [3.8, 4) is 5.75 Å². The summed E-state index contributed by atoms with van der Waals surface area (Å²) in [6, 6.07) is 7.16. The van der Waals surface area contributed by atoms with Gasteiger partial charge in [-0.25, -0.2) is 0 Å². The van der Waals surface area contributed by atoms with Crippen molar-refractivity contribution in [1.82, 2.24) is 15.1 Å². The first-order valence-corrected chi connectivity index (χ1v) is 9.76. The lowest BCUT2D eigenvalue weighted by atomic mass is 9.94. The third-order valence-corrected chi connectivity index (χ3v) is 5.70. The second-order valence-electron chi connectivity index (χ2n) is 7.52. The maximum absolute atomic E-state index is 12.6. The van der Waals surface area contributed by atoms with Crippen molar-refractivity contribution in [2.24, 2.45) is 0 Å². The van der Waals surface area contributed by atoms with E-state index in [2.05, 4.69) is 5.32 Å². The number of para-hydroxylation sites is 1. The largest absolute Gasteiger partial charge is 0.485 e. The number of morpholine rings is 1. The van der Waals surface area contributed by atoms with Crippen LogP contribution < -0.4 is 10.1 Å². The topological polar surface area (TPSA) is 88.2 Å². The molecule has 0 aromatic heterocycles. The Bertz CT molecular complexity index is 777. The average Bonchev–Trinajstić information content (AvgIpc) is 2.96. The van der Waals surface area contributed by atoms with Crippen LogP contribution >= 0.6 is 0 Å². The molecule has 0 aliphatic carbocycles. The zero-order valence-electron chi connectivity index (χ0n) is 15.8. The highest BCUT2D eigenvalue weighted by Crippen LogP contribution is 2.33. The van der Waals surface area contributed by atoms with E-state index in [-0.39, 0.29) is 30.7 Å². The molecule has 1 spiro atoms. The van der Waals surface area contributed by atoms with Gasteiger partial charge in [0.05, 0.1) is 31.9 Å². The second-order valence-corrected chi connectivity index (χ2v) is 7.52. The minimum absolute atomic E-state index is 0.0481. The molecule has 1 unspecified atom stereocenters. The van der Waals surface area contributed by atoms with Crippen LogP contribution in [0.1, 0.15) is 29.6 Å². The normalized spacial score (nSPS) is 25.4. The molecule has 8 nitrogen and oxygen atoms in total. The summed E-state index contributed by atoms with van der Waals surface area (Å²) in [5.74, 6) is 0.282. The predicted octanol–water partition coefficient (Wildman–Crippen LogP) is 0.419. The van der Waals surface area contributed by atoms with Gasteiger partial charge in [0.15, 0.2) is 0 Å². The van der Waals surface area contributed by atoms with Crippen molar-refractivity contribution in [3.63, 3.8) is 0 Å². The number of likely N-dealkylation sites (tertiary alicyclic amines) is 1. The maximum Gasteiger partial charge on any atom is 0.255 e. The molecule has 3 aliphatic rings. The van der Waals surface area contributed by atoms with Crippen LogP contribution in [0.4, 0.5) is 0 Å². The number of benzene rings is 1. The third kappa shape index (κ3) is 3.82. The maximum atomic E-state index is 12.6. The van der Waals surface area contributed by atoms with E-state index in [0.717, 1.165) is 0 Å². The number of hydrogen-bond donors (Lipinski definition) is 1. The molecule has 1 aromatic rings.